The Morgan fingerprint density at radius 2 is 2.00 bits per heavy atom. The third kappa shape index (κ3) is 5.43. The molecule has 0 aliphatic carbocycles. The average molecular weight is 457 g/mol. The molecule has 1 fully saturated rings. The summed E-state index contributed by atoms with van der Waals surface area (Å²) < 4.78 is 38.3. The number of hydrogen-bond acceptors (Lipinski definition) is 5. The van der Waals surface area contributed by atoms with Crippen LogP contribution in [0.3, 0.4) is 0 Å². The Balaban J connectivity index is 1.59. The maximum atomic E-state index is 12.8. The minimum Gasteiger partial charge on any atom is -0.355 e. The lowest BCUT2D eigenvalue weighted by molar-refractivity contribution is -0.384. The number of halogens is 4. The second-order valence-electron chi connectivity index (χ2n) is 7.37. The summed E-state index contributed by atoms with van der Waals surface area (Å²) in [6.07, 6.45) is -2.81. The molecular weight excluding hydrogens is 437 g/mol. The molecule has 1 N–H and O–H groups in total. The van der Waals surface area contributed by atoms with Crippen LogP contribution >= 0.6 is 11.6 Å². The van der Waals surface area contributed by atoms with Crippen LogP contribution in [0.2, 0.25) is 5.02 Å². The van der Waals surface area contributed by atoms with Gasteiger partial charge in [0.2, 0.25) is 5.91 Å². The lowest BCUT2D eigenvalue weighted by atomic mass is 9.95. The van der Waals surface area contributed by atoms with Gasteiger partial charge in [0.25, 0.3) is 5.69 Å². The number of nitro groups is 1. The highest BCUT2D eigenvalue weighted by Crippen LogP contribution is 2.34. The van der Waals surface area contributed by atoms with Gasteiger partial charge in [0.05, 0.1) is 21.6 Å². The number of nitrogens with zero attached hydrogens (tertiary/aromatic N) is 3. The van der Waals surface area contributed by atoms with E-state index >= 15 is 0 Å². The van der Waals surface area contributed by atoms with E-state index in [9.17, 15) is 28.1 Å². The number of benzene rings is 1. The van der Waals surface area contributed by atoms with Crippen LogP contribution in [-0.2, 0) is 11.0 Å². The monoisotopic (exact) mass is 456 g/mol. The first-order valence-corrected chi connectivity index (χ1v) is 9.96. The zero-order valence-electron chi connectivity index (χ0n) is 16.5. The summed E-state index contributed by atoms with van der Waals surface area (Å²) in [6.45, 7) is 2.58. The molecule has 0 radical (unpaired) electrons. The molecule has 1 aliphatic rings. The van der Waals surface area contributed by atoms with Crippen molar-refractivity contribution in [1.29, 1.82) is 0 Å². The summed E-state index contributed by atoms with van der Waals surface area (Å²) in [5.41, 5.74) is -0.334. The van der Waals surface area contributed by atoms with Gasteiger partial charge in [-0.25, -0.2) is 4.98 Å². The Bertz CT molecular complexity index is 978. The number of pyridine rings is 1. The quantitative estimate of drug-likeness (QED) is 0.518. The number of non-ortho nitro benzene ring substituents is 1. The van der Waals surface area contributed by atoms with Gasteiger partial charge in [0.15, 0.2) is 0 Å². The van der Waals surface area contributed by atoms with Crippen LogP contribution in [0.4, 0.5) is 24.7 Å². The summed E-state index contributed by atoms with van der Waals surface area (Å²) >= 11 is 6.01. The van der Waals surface area contributed by atoms with Gasteiger partial charge in [0.1, 0.15) is 5.82 Å². The first-order valence-electron chi connectivity index (χ1n) is 9.58. The molecule has 1 atom stereocenters. The summed E-state index contributed by atoms with van der Waals surface area (Å²) in [7, 11) is 0. The number of aromatic nitrogens is 1. The van der Waals surface area contributed by atoms with Crippen LogP contribution < -0.4 is 10.2 Å². The third-order valence-corrected chi connectivity index (χ3v) is 5.53. The van der Waals surface area contributed by atoms with Gasteiger partial charge in [-0.3, -0.25) is 14.9 Å². The normalized spacial score (nSPS) is 16.1. The molecule has 1 saturated heterocycles. The topological polar surface area (TPSA) is 88.4 Å². The molecule has 2 aromatic rings. The number of amides is 1. The molecule has 0 saturated carbocycles. The maximum absolute atomic E-state index is 12.8. The van der Waals surface area contributed by atoms with Gasteiger partial charge in [0, 0.05) is 37.3 Å². The lowest BCUT2D eigenvalue weighted by Gasteiger charge is -2.33. The molecule has 1 aromatic heterocycles. The summed E-state index contributed by atoms with van der Waals surface area (Å²) in [5, 5.41) is 13.7. The van der Waals surface area contributed by atoms with Crippen molar-refractivity contribution in [1.82, 2.24) is 10.3 Å². The van der Waals surface area contributed by atoms with E-state index in [4.69, 9.17) is 11.6 Å². The van der Waals surface area contributed by atoms with Gasteiger partial charge in [-0.1, -0.05) is 23.7 Å². The molecular formula is C20H20ClF3N4O3. The van der Waals surface area contributed by atoms with Crippen molar-refractivity contribution >= 4 is 29.0 Å². The van der Waals surface area contributed by atoms with Gasteiger partial charge in [-0.2, -0.15) is 13.2 Å². The molecule has 2 heterocycles. The van der Waals surface area contributed by atoms with Crippen molar-refractivity contribution < 1.29 is 22.9 Å². The molecule has 0 spiro atoms. The SMILES string of the molecule is CC(NC(=O)C1CCN(c2ncc(C(F)(F)F)cc2Cl)CC1)c1cccc([N+](=O)[O-])c1. The summed E-state index contributed by atoms with van der Waals surface area (Å²) in [5.74, 6) is -0.200. The van der Waals surface area contributed by atoms with E-state index in [1.165, 1.54) is 12.1 Å². The van der Waals surface area contributed by atoms with Crippen LogP contribution in [0, 0.1) is 16.0 Å². The van der Waals surface area contributed by atoms with Gasteiger partial charge in [-0.15, -0.1) is 0 Å². The lowest BCUT2D eigenvalue weighted by Crippen LogP contribution is -2.41. The minimum atomic E-state index is -4.52. The predicted octanol–water partition coefficient (Wildman–Crippen LogP) is 4.76. The third-order valence-electron chi connectivity index (χ3n) is 5.25. The number of nitrogens with one attached hydrogen (secondary N) is 1. The number of alkyl halides is 3. The Morgan fingerprint density at radius 1 is 1.32 bits per heavy atom. The number of piperidine rings is 1. The highest BCUT2D eigenvalue weighted by molar-refractivity contribution is 6.33. The Hall–Kier alpha value is -2.88. The molecule has 166 valence electrons. The highest BCUT2D eigenvalue weighted by atomic mass is 35.5. The molecule has 11 heteroatoms. The first-order chi connectivity index (χ1) is 14.6. The van der Waals surface area contributed by atoms with Crippen LogP contribution in [0.5, 0.6) is 0 Å². The largest absolute Gasteiger partial charge is 0.417 e. The number of rotatable bonds is 5. The minimum absolute atomic E-state index is 0.0483. The number of carbonyl (C=O) groups excluding carboxylic acids is 1. The first kappa shape index (κ1) is 22.8. The number of anilines is 1. The molecule has 1 aliphatic heterocycles. The van der Waals surface area contributed by atoms with Crippen molar-refractivity contribution in [2.45, 2.75) is 32.0 Å². The van der Waals surface area contributed by atoms with Crippen LogP contribution in [0.15, 0.2) is 36.5 Å². The summed E-state index contributed by atoms with van der Waals surface area (Å²) in [4.78, 5) is 28.7. The van der Waals surface area contributed by atoms with Gasteiger partial charge in [-0.05, 0) is 31.4 Å². The number of hydrogen-bond donors (Lipinski definition) is 1. The van der Waals surface area contributed by atoms with E-state index in [0.29, 0.717) is 31.5 Å². The fourth-order valence-electron chi connectivity index (χ4n) is 3.49. The van der Waals surface area contributed by atoms with Crippen LogP contribution in [0.25, 0.3) is 0 Å². The van der Waals surface area contributed by atoms with E-state index < -0.39 is 22.7 Å². The van der Waals surface area contributed by atoms with Crippen molar-refractivity contribution in [3.05, 3.63) is 62.8 Å². The van der Waals surface area contributed by atoms with E-state index in [0.717, 1.165) is 12.3 Å². The Labute approximate surface area is 181 Å². The highest BCUT2D eigenvalue weighted by Gasteiger charge is 2.33. The van der Waals surface area contributed by atoms with Gasteiger partial charge >= 0.3 is 6.18 Å². The molecule has 3 rings (SSSR count). The van der Waals surface area contributed by atoms with E-state index in [-0.39, 0.29) is 28.4 Å². The number of carbonyl (C=O) groups is 1. The predicted molar refractivity (Wildman–Crippen MR) is 109 cm³/mol. The standard InChI is InChI=1S/C20H20ClF3N4O3/c1-12(14-3-2-4-16(9-14)28(30)31)26-19(29)13-5-7-27(8-6-13)18-17(21)10-15(11-25-18)20(22,23)24/h2-4,9-13H,5-8H2,1H3,(H,26,29). The van der Waals surface area contributed by atoms with E-state index in [2.05, 4.69) is 10.3 Å². The fourth-order valence-corrected chi connectivity index (χ4v) is 3.78. The molecule has 0 bridgehead atoms. The zero-order valence-corrected chi connectivity index (χ0v) is 17.3. The second-order valence-corrected chi connectivity index (χ2v) is 7.78. The average Bonchev–Trinajstić information content (AvgIpc) is 2.73. The van der Waals surface area contributed by atoms with Crippen molar-refractivity contribution in [2.75, 3.05) is 18.0 Å². The van der Waals surface area contributed by atoms with Crippen molar-refractivity contribution in [2.24, 2.45) is 5.92 Å². The smallest absolute Gasteiger partial charge is 0.355 e. The van der Waals surface area contributed by atoms with E-state index in [1.807, 2.05) is 0 Å². The molecule has 1 unspecified atom stereocenters. The maximum Gasteiger partial charge on any atom is 0.417 e. The molecule has 1 amide bonds. The molecule has 7 nitrogen and oxygen atoms in total. The summed E-state index contributed by atoms with van der Waals surface area (Å²) in [6, 6.07) is 6.52. The number of nitro benzene ring substituents is 1. The molecule has 31 heavy (non-hydrogen) atoms. The van der Waals surface area contributed by atoms with Gasteiger partial charge < -0.3 is 10.2 Å². The zero-order chi connectivity index (χ0) is 22.8. The van der Waals surface area contributed by atoms with Crippen molar-refractivity contribution in [3.63, 3.8) is 0 Å². The van der Waals surface area contributed by atoms with E-state index in [1.54, 1.807) is 24.0 Å². The van der Waals surface area contributed by atoms with Crippen LogP contribution in [0.1, 0.15) is 36.9 Å². The fraction of sp³-hybridized carbons (Fsp3) is 0.400. The Morgan fingerprint density at radius 3 is 2.58 bits per heavy atom. The van der Waals surface area contributed by atoms with Crippen molar-refractivity contribution in [3.8, 4) is 0 Å². The van der Waals surface area contributed by atoms with Crippen LogP contribution in [-0.4, -0.2) is 28.9 Å². The molecule has 1 aromatic carbocycles. The second kappa shape index (κ2) is 9.09. The Kier molecular flexibility index (Phi) is 6.68.